The van der Waals surface area contributed by atoms with Crippen LogP contribution in [0.15, 0.2) is 35.4 Å². The standard InChI is InChI=1S/C20H25N3O4S/c1-13-4-6-23(7-5-13)19-18(20(24)25)11-16(12-21-19)22-28(26,27)17-9-14(2)8-15(3)10-17/h8-13,22H,4-7H2,1-3H3,(H,24,25). The maximum atomic E-state index is 12.7. The fourth-order valence-corrected chi connectivity index (χ4v) is 4.67. The van der Waals surface area contributed by atoms with Gasteiger partial charge in [-0.1, -0.05) is 13.0 Å². The second-order valence-corrected chi connectivity index (χ2v) is 9.18. The van der Waals surface area contributed by atoms with Crippen molar-refractivity contribution in [3.05, 3.63) is 47.2 Å². The normalized spacial score (nSPS) is 15.5. The molecule has 1 saturated heterocycles. The van der Waals surface area contributed by atoms with Crippen LogP contribution in [0.2, 0.25) is 0 Å². The summed E-state index contributed by atoms with van der Waals surface area (Å²) < 4.78 is 27.9. The largest absolute Gasteiger partial charge is 0.478 e. The zero-order valence-corrected chi connectivity index (χ0v) is 17.1. The summed E-state index contributed by atoms with van der Waals surface area (Å²) in [6.45, 7) is 7.30. The molecule has 8 heteroatoms. The van der Waals surface area contributed by atoms with E-state index in [1.807, 2.05) is 24.8 Å². The Balaban J connectivity index is 1.90. The summed E-state index contributed by atoms with van der Waals surface area (Å²) in [5.41, 5.74) is 1.79. The first-order valence-electron chi connectivity index (χ1n) is 9.25. The van der Waals surface area contributed by atoms with Gasteiger partial charge in [-0.25, -0.2) is 18.2 Å². The van der Waals surface area contributed by atoms with Crippen LogP contribution in [0.1, 0.15) is 41.3 Å². The number of hydrogen-bond acceptors (Lipinski definition) is 5. The van der Waals surface area contributed by atoms with Gasteiger partial charge in [-0.2, -0.15) is 0 Å². The summed E-state index contributed by atoms with van der Waals surface area (Å²) in [5.74, 6) is -0.143. The highest BCUT2D eigenvalue weighted by atomic mass is 32.2. The quantitative estimate of drug-likeness (QED) is 0.793. The summed E-state index contributed by atoms with van der Waals surface area (Å²) in [4.78, 5) is 18.1. The van der Waals surface area contributed by atoms with Crippen LogP contribution in [-0.4, -0.2) is 37.6 Å². The first-order chi connectivity index (χ1) is 13.2. The molecule has 1 aromatic carbocycles. The molecule has 1 fully saturated rings. The fraction of sp³-hybridized carbons (Fsp3) is 0.400. The van der Waals surface area contributed by atoms with Gasteiger partial charge in [0, 0.05) is 13.1 Å². The van der Waals surface area contributed by atoms with Crippen molar-refractivity contribution in [2.24, 2.45) is 5.92 Å². The minimum Gasteiger partial charge on any atom is -0.478 e. The number of nitrogens with zero attached hydrogens (tertiary/aromatic N) is 2. The zero-order valence-electron chi connectivity index (χ0n) is 16.3. The number of nitrogens with one attached hydrogen (secondary N) is 1. The van der Waals surface area contributed by atoms with Crippen molar-refractivity contribution in [2.45, 2.75) is 38.5 Å². The number of rotatable bonds is 5. The predicted octanol–water partition coefficient (Wildman–Crippen LogP) is 3.43. The Morgan fingerprint density at radius 2 is 1.75 bits per heavy atom. The lowest BCUT2D eigenvalue weighted by atomic mass is 9.99. The van der Waals surface area contributed by atoms with Crippen LogP contribution < -0.4 is 9.62 Å². The number of sulfonamides is 1. The number of carboxylic acid groups (broad SMARTS) is 1. The zero-order chi connectivity index (χ0) is 20.5. The Kier molecular flexibility index (Phi) is 5.60. The minimum atomic E-state index is -3.84. The average molecular weight is 404 g/mol. The summed E-state index contributed by atoms with van der Waals surface area (Å²) >= 11 is 0. The molecule has 2 aromatic rings. The van der Waals surface area contributed by atoms with Gasteiger partial charge in [0.1, 0.15) is 11.4 Å². The van der Waals surface area contributed by atoms with E-state index in [-0.39, 0.29) is 16.1 Å². The topological polar surface area (TPSA) is 99.6 Å². The summed E-state index contributed by atoms with van der Waals surface area (Å²) in [7, 11) is -3.84. The van der Waals surface area contributed by atoms with Crippen molar-refractivity contribution in [1.82, 2.24) is 4.98 Å². The molecular formula is C20H25N3O4S. The van der Waals surface area contributed by atoms with E-state index in [0.29, 0.717) is 11.7 Å². The Labute approximate surface area is 165 Å². The number of aromatic nitrogens is 1. The molecule has 1 aliphatic heterocycles. The molecule has 0 amide bonds. The van der Waals surface area contributed by atoms with E-state index in [1.165, 1.54) is 12.3 Å². The van der Waals surface area contributed by atoms with E-state index < -0.39 is 16.0 Å². The van der Waals surface area contributed by atoms with Crippen molar-refractivity contribution in [3.63, 3.8) is 0 Å². The second-order valence-electron chi connectivity index (χ2n) is 7.50. The molecule has 150 valence electrons. The number of aromatic carboxylic acids is 1. The van der Waals surface area contributed by atoms with Gasteiger partial charge in [0.05, 0.1) is 16.8 Å². The molecule has 0 unspecified atom stereocenters. The number of piperidine rings is 1. The number of benzene rings is 1. The van der Waals surface area contributed by atoms with Crippen molar-refractivity contribution >= 4 is 27.5 Å². The van der Waals surface area contributed by atoms with Gasteiger partial charge in [-0.05, 0) is 61.9 Å². The second kappa shape index (κ2) is 7.79. The first kappa shape index (κ1) is 20.1. The third kappa shape index (κ3) is 4.44. The molecule has 28 heavy (non-hydrogen) atoms. The molecule has 0 atom stereocenters. The maximum absolute atomic E-state index is 12.7. The van der Waals surface area contributed by atoms with E-state index in [4.69, 9.17) is 0 Å². The molecule has 0 radical (unpaired) electrons. The van der Waals surface area contributed by atoms with Gasteiger partial charge in [-0.15, -0.1) is 0 Å². The van der Waals surface area contributed by atoms with E-state index in [0.717, 1.165) is 37.1 Å². The highest BCUT2D eigenvalue weighted by molar-refractivity contribution is 7.92. The number of carbonyl (C=O) groups is 1. The van der Waals surface area contributed by atoms with Gasteiger partial charge in [-0.3, -0.25) is 4.72 Å². The summed E-state index contributed by atoms with van der Waals surface area (Å²) in [6, 6.07) is 6.37. The number of anilines is 2. The lowest BCUT2D eigenvalue weighted by Gasteiger charge is -2.32. The molecule has 2 heterocycles. The third-order valence-electron chi connectivity index (χ3n) is 4.94. The van der Waals surface area contributed by atoms with E-state index in [1.54, 1.807) is 12.1 Å². The van der Waals surface area contributed by atoms with Crippen LogP contribution in [0, 0.1) is 19.8 Å². The molecular weight excluding hydrogens is 378 g/mol. The number of pyridine rings is 1. The number of hydrogen-bond donors (Lipinski definition) is 2. The van der Waals surface area contributed by atoms with E-state index in [9.17, 15) is 18.3 Å². The lowest BCUT2D eigenvalue weighted by Crippen LogP contribution is -2.34. The molecule has 0 saturated carbocycles. The van der Waals surface area contributed by atoms with Gasteiger partial charge < -0.3 is 10.0 Å². The summed E-state index contributed by atoms with van der Waals surface area (Å²) in [5, 5.41) is 9.62. The van der Waals surface area contributed by atoms with Crippen LogP contribution in [0.3, 0.4) is 0 Å². The Morgan fingerprint density at radius 1 is 1.14 bits per heavy atom. The van der Waals surface area contributed by atoms with Gasteiger partial charge in [0.25, 0.3) is 10.0 Å². The van der Waals surface area contributed by atoms with Crippen LogP contribution >= 0.6 is 0 Å². The predicted molar refractivity (Wildman–Crippen MR) is 109 cm³/mol. The highest BCUT2D eigenvalue weighted by Crippen LogP contribution is 2.27. The Bertz CT molecular complexity index is 976. The number of carboxylic acids is 1. The molecule has 3 rings (SSSR count). The van der Waals surface area contributed by atoms with Crippen LogP contribution in [-0.2, 0) is 10.0 Å². The average Bonchev–Trinajstić information content (AvgIpc) is 2.61. The first-order valence-corrected chi connectivity index (χ1v) is 10.7. The minimum absolute atomic E-state index is 0.00447. The van der Waals surface area contributed by atoms with Crippen molar-refractivity contribution in [3.8, 4) is 0 Å². The van der Waals surface area contributed by atoms with Crippen molar-refractivity contribution < 1.29 is 18.3 Å². The van der Waals surface area contributed by atoms with Crippen LogP contribution in [0.25, 0.3) is 0 Å². The van der Waals surface area contributed by atoms with Gasteiger partial charge in [0.15, 0.2) is 0 Å². The highest BCUT2D eigenvalue weighted by Gasteiger charge is 2.24. The van der Waals surface area contributed by atoms with Gasteiger partial charge in [0.2, 0.25) is 0 Å². The Hall–Kier alpha value is -2.61. The molecule has 2 N–H and O–H groups in total. The molecule has 1 aliphatic rings. The fourth-order valence-electron chi connectivity index (χ4n) is 3.45. The van der Waals surface area contributed by atoms with E-state index in [2.05, 4.69) is 16.6 Å². The molecule has 0 aliphatic carbocycles. The van der Waals surface area contributed by atoms with Crippen molar-refractivity contribution in [2.75, 3.05) is 22.7 Å². The van der Waals surface area contributed by atoms with Crippen LogP contribution in [0.5, 0.6) is 0 Å². The molecule has 0 spiro atoms. The smallest absolute Gasteiger partial charge is 0.339 e. The monoisotopic (exact) mass is 403 g/mol. The number of aryl methyl sites for hydroxylation is 2. The molecule has 1 aromatic heterocycles. The van der Waals surface area contributed by atoms with Crippen LogP contribution in [0.4, 0.5) is 11.5 Å². The van der Waals surface area contributed by atoms with Gasteiger partial charge >= 0.3 is 5.97 Å². The SMILES string of the molecule is Cc1cc(C)cc(S(=O)(=O)Nc2cnc(N3CCC(C)CC3)c(C(=O)O)c2)c1. The lowest BCUT2D eigenvalue weighted by molar-refractivity contribution is 0.0697. The third-order valence-corrected chi connectivity index (χ3v) is 6.30. The van der Waals surface area contributed by atoms with Crippen molar-refractivity contribution in [1.29, 1.82) is 0 Å². The molecule has 7 nitrogen and oxygen atoms in total. The summed E-state index contributed by atoms with van der Waals surface area (Å²) in [6.07, 6.45) is 3.32. The Morgan fingerprint density at radius 3 is 2.32 bits per heavy atom. The molecule has 0 bridgehead atoms. The van der Waals surface area contributed by atoms with E-state index >= 15 is 0 Å². The maximum Gasteiger partial charge on any atom is 0.339 e.